The van der Waals surface area contributed by atoms with Crippen molar-refractivity contribution in [3.63, 3.8) is 0 Å². The summed E-state index contributed by atoms with van der Waals surface area (Å²) < 4.78 is 33.4. The lowest BCUT2D eigenvalue weighted by molar-refractivity contribution is -0.153. The smallest absolute Gasteiger partial charge is 0.424 e. The Bertz CT molecular complexity index is 1540. The lowest BCUT2D eigenvalue weighted by Gasteiger charge is -2.26. The van der Waals surface area contributed by atoms with Crippen molar-refractivity contribution in [2.45, 2.75) is 0 Å². The van der Waals surface area contributed by atoms with Crippen molar-refractivity contribution in [1.82, 2.24) is 0 Å². The minimum absolute atomic E-state index is 0.0321. The molecular formula is C24H20N4O7S. The first-order chi connectivity index (χ1) is 17.1. The zero-order chi connectivity index (χ0) is 25.9. The molecule has 4 aromatic carbocycles. The van der Waals surface area contributed by atoms with Crippen LogP contribution in [0.25, 0.3) is 10.8 Å². The van der Waals surface area contributed by atoms with Crippen LogP contribution in [0.1, 0.15) is 0 Å². The molecule has 12 heteroatoms. The second-order valence-electron chi connectivity index (χ2n) is 7.44. The number of nitrogens with zero attached hydrogens (tertiary/aromatic N) is 2. The number of rotatable bonds is 6. The molecule has 0 aliphatic carbocycles. The maximum atomic E-state index is 12.8. The van der Waals surface area contributed by atoms with Gasteiger partial charge in [-0.3, -0.25) is 14.8 Å². The third kappa shape index (κ3) is 5.14. The van der Waals surface area contributed by atoms with Gasteiger partial charge in [-0.05, 0) is 53.9 Å². The summed E-state index contributed by atoms with van der Waals surface area (Å²) in [6.07, 6.45) is 0. The molecule has 11 nitrogen and oxygen atoms in total. The van der Waals surface area contributed by atoms with Crippen molar-refractivity contribution in [3.8, 4) is 5.75 Å². The number of carbonyl (C=O) groups excluding carboxylic acids is 2. The monoisotopic (exact) mass is 508 g/mol. The SMILES string of the molecule is Nc1ccccc1NN(OC(=O)C(=O)N(c1ccccc1)S(=O)(=O)O)c1ccc2c(O)cccc2c1. The zero-order valence-corrected chi connectivity index (χ0v) is 19.3. The number of nitrogens with one attached hydrogen (secondary N) is 1. The summed E-state index contributed by atoms with van der Waals surface area (Å²) in [7, 11) is -5.17. The Hall–Kier alpha value is -4.81. The number of nitrogens with two attached hydrogens (primary N) is 1. The molecule has 36 heavy (non-hydrogen) atoms. The van der Waals surface area contributed by atoms with Crippen LogP contribution in [0.2, 0.25) is 0 Å². The van der Waals surface area contributed by atoms with E-state index in [1.807, 2.05) is 0 Å². The van der Waals surface area contributed by atoms with Gasteiger partial charge < -0.3 is 15.7 Å². The first-order valence-electron chi connectivity index (χ1n) is 10.4. The predicted octanol–water partition coefficient (Wildman–Crippen LogP) is 3.26. The average Bonchev–Trinajstić information content (AvgIpc) is 2.84. The number of carbonyl (C=O) groups is 2. The van der Waals surface area contributed by atoms with Crippen molar-refractivity contribution >= 4 is 55.7 Å². The van der Waals surface area contributed by atoms with Gasteiger partial charge in [0.2, 0.25) is 0 Å². The summed E-state index contributed by atoms with van der Waals surface area (Å²) in [4.78, 5) is 30.9. The Morgan fingerprint density at radius 1 is 0.861 bits per heavy atom. The maximum Gasteiger partial charge on any atom is 0.424 e. The van der Waals surface area contributed by atoms with E-state index in [4.69, 9.17) is 10.6 Å². The zero-order valence-electron chi connectivity index (χ0n) is 18.5. The van der Waals surface area contributed by atoms with E-state index in [0.29, 0.717) is 16.5 Å². The number of para-hydroxylation sites is 3. The molecule has 0 radical (unpaired) electrons. The topological polar surface area (TPSA) is 162 Å². The number of hydrogen-bond donors (Lipinski definition) is 4. The van der Waals surface area contributed by atoms with Crippen LogP contribution in [0.3, 0.4) is 0 Å². The second-order valence-corrected chi connectivity index (χ2v) is 8.70. The first-order valence-corrected chi connectivity index (χ1v) is 11.8. The number of aromatic hydroxyl groups is 1. The van der Waals surface area contributed by atoms with Crippen molar-refractivity contribution < 1.29 is 32.5 Å². The predicted molar refractivity (Wildman–Crippen MR) is 134 cm³/mol. The second kappa shape index (κ2) is 9.82. The van der Waals surface area contributed by atoms with E-state index in [2.05, 4.69) is 5.43 Å². The number of nitrogen functional groups attached to an aromatic ring is 1. The molecular weight excluding hydrogens is 488 g/mol. The summed E-state index contributed by atoms with van der Waals surface area (Å²) in [5.74, 6) is -3.27. The summed E-state index contributed by atoms with van der Waals surface area (Å²) in [5.41, 5.74) is 9.27. The number of phenolic OH excluding ortho intramolecular Hbond substituents is 1. The van der Waals surface area contributed by atoms with Crippen molar-refractivity contribution in [1.29, 1.82) is 0 Å². The third-order valence-corrected chi connectivity index (χ3v) is 5.85. The van der Waals surface area contributed by atoms with Crippen molar-refractivity contribution in [2.24, 2.45) is 0 Å². The minimum Gasteiger partial charge on any atom is -0.507 e. The normalized spacial score (nSPS) is 11.0. The van der Waals surface area contributed by atoms with E-state index < -0.39 is 22.2 Å². The van der Waals surface area contributed by atoms with E-state index in [1.165, 1.54) is 36.4 Å². The molecule has 0 saturated carbocycles. The molecule has 0 bridgehead atoms. The van der Waals surface area contributed by atoms with Gasteiger partial charge in [0.15, 0.2) is 0 Å². The number of benzene rings is 4. The van der Waals surface area contributed by atoms with Gasteiger partial charge in [0.1, 0.15) is 11.4 Å². The van der Waals surface area contributed by atoms with Crippen molar-refractivity contribution in [3.05, 3.63) is 91.0 Å². The number of anilines is 4. The Labute approximate surface area is 205 Å². The molecule has 0 aromatic heterocycles. The molecule has 0 unspecified atom stereocenters. The Balaban J connectivity index is 1.71. The highest BCUT2D eigenvalue weighted by atomic mass is 32.2. The van der Waals surface area contributed by atoms with Gasteiger partial charge in [-0.25, -0.2) is 4.79 Å². The molecule has 0 saturated heterocycles. The van der Waals surface area contributed by atoms with Gasteiger partial charge in [0.25, 0.3) is 0 Å². The molecule has 0 heterocycles. The van der Waals surface area contributed by atoms with Crippen LogP contribution in [0.15, 0.2) is 91.0 Å². The number of amides is 1. The minimum atomic E-state index is -5.17. The Kier molecular flexibility index (Phi) is 6.63. The van der Waals surface area contributed by atoms with E-state index in [9.17, 15) is 27.7 Å². The van der Waals surface area contributed by atoms with Gasteiger partial charge in [-0.1, -0.05) is 42.5 Å². The van der Waals surface area contributed by atoms with Crippen LogP contribution in [0.5, 0.6) is 5.75 Å². The fourth-order valence-corrected chi connectivity index (χ4v) is 4.02. The highest BCUT2D eigenvalue weighted by molar-refractivity contribution is 7.88. The van der Waals surface area contributed by atoms with Crippen molar-refractivity contribution in [2.75, 3.05) is 20.6 Å². The molecule has 0 spiro atoms. The van der Waals surface area contributed by atoms with Gasteiger partial charge >= 0.3 is 22.2 Å². The first kappa shape index (κ1) is 24.3. The van der Waals surface area contributed by atoms with Crippen LogP contribution in [0.4, 0.5) is 22.7 Å². The molecule has 1 amide bonds. The summed E-state index contributed by atoms with van der Waals surface area (Å²) in [5, 5.41) is 12.0. The Morgan fingerprint density at radius 3 is 2.25 bits per heavy atom. The van der Waals surface area contributed by atoms with E-state index >= 15 is 0 Å². The third-order valence-electron chi connectivity index (χ3n) is 5.01. The summed E-state index contributed by atoms with van der Waals surface area (Å²) in [6, 6.07) is 22.8. The highest BCUT2D eigenvalue weighted by Gasteiger charge is 2.35. The van der Waals surface area contributed by atoms with Crippen LogP contribution in [-0.4, -0.2) is 30.0 Å². The fraction of sp³-hybridized carbons (Fsp3) is 0. The number of fused-ring (bicyclic) bond motifs is 1. The van der Waals surface area contributed by atoms with Gasteiger partial charge in [0.05, 0.1) is 17.1 Å². The molecule has 0 aliphatic rings. The van der Waals surface area contributed by atoms with E-state index in [-0.39, 0.29) is 27.1 Å². The summed E-state index contributed by atoms with van der Waals surface area (Å²) >= 11 is 0. The van der Waals surface area contributed by atoms with E-state index in [0.717, 1.165) is 5.17 Å². The molecule has 4 aromatic rings. The van der Waals surface area contributed by atoms with Crippen LogP contribution in [0, 0.1) is 0 Å². The number of hydrazine groups is 1. The van der Waals surface area contributed by atoms with Gasteiger partial charge in [0, 0.05) is 5.39 Å². The van der Waals surface area contributed by atoms with Gasteiger partial charge in [-0.15, -0.1) is 5.17 Å². The largest absolute Gasteiger partial charge is 0.507 e. The number of phenols is 1. The van der Waals surface area contributed by atoms with E-state index in [1.54, 1.807) is 54.6 Å². The van der Waals surface area contributed by atoms with Gasteiger partial charge in [-0.2, -0.15) is 12.7 Å². The number of hydrogen-bond acceptors (Lipinski definition) is 9. The lowest BCUT2D eigenvalue weighted by atomic mass is 10.1. The molecule has 4 rings (SSSR count). The molecule has 184 valence electrons. The fourth-order valence-electron chi connectivity index (χ4n) is 3.35. The van der Waals surface area contributed by atoms with Crippen LogP contribution in [-0.2, 0) is 24.7 Å². The van der Waals surface area contributed by atoms with Crippen LogP contribution >= 0.6 is 0 Å². The molecule has 0 aliphatic heterocycles. The Morgan fingerprint density at radius 2 is 1.56 bits per heavy atom. The van der Waals surface area contributed by atoms with Crippen LogP contribution < -0.4 is 20.6 Å². The summed E-state index contributed by atoms with van der Waals surface area (Å²) in [6.45, 7) is 0. The maximum absolute atomic E-state index is 12.8. The highest BCUT2D eigenvalue weighted by Crippen LogP contribution is 2.30. The molecule has 0 atom stereocenters. The quantitative estimate of drug-likeness (QED) is 0.132. The lowest BCUT2D eigenvalue weighted by Crippen LogP contribution is -2.45. The molecule has 5 N–H and O–H groups in total. The molecule has 0 fully saturated rings. The standard InChI is InChI=1S/C24H20N4O7S/c25-20-10-4-5-11-21(20)26-28(18-13-14-19-16(15-18)7-6-12-22(19)29)35-24(31)23(30)27(36(32,33)34)17-8-2-1-3-9-17/h1-15,26,29H,25H2,(H,32,33,34). The average molecular weight is 509 g/mol.